The first kappa shape index (κ1) is 22.1. The Morgan fingerprint density at radius 3 is 2.78 bits per heavy atom. The molecule has 2 heterocycles. The van der Waals surface area contributed by atoms with E-state index in [0.717, 1.165) is 11.1 Å². The van der Waals surface area contributed by atoms with Gasteiger partial charge >= 0.3 is 6.03 Å². The van der Waals surface area contributed by atoms with Gasteiger partial charge in [-0.05, 0) is 36.6 Å². The van der Waals surface area contributed by atoms with Crippen LogP contribution >= 0.6 is 11.6 Å². The van der Waals surface area contributed by atoms with Gasteiger partial charge in [0.1, 0.15) is 12.1 Å². The number of aryl methyl sites for hydroxylation is 1. The van der Waals surface area contributed by atoms with Crippen LogP contribution in [0.3, 0.4) is 0 Å². The van der Waals surface area contributed by atoms with Crippen molar-refractivity contribution >= 4 is 35.1 Å². The van der Waals surface area contributed by atoms with Gasteiger partial charge in [0.15, 0.2) is 0 Å². The maximum absolute atomic E-state index is 12.9. The fraction of sp³-hybridized carbons (Fsp3) is 0.348. The van der Waals surface area contributed by atoms with Crippen LogP contribution in [0.4, 0.5) is 10.5 Å². The number of ether oxygens (including phenoxy) is 1. The number of piperazine rings is 1. The first-order chi connectivity index (χ1) is 15.4. The lowest BCUT2D eigenvalue weighted by Gasteiger charge is -2.34. The highest BCUT2D eigenvalue weighted by Crippen LogP contribution is 2.24. The monoisotopic (exact) mass is 456 g/mol. The molecule has 0 spiro atoms. The number of hydrogen-bond donors (Lipinski definition) is 3. The molecule has 0 saturated carbocycles. The number of hydrogen-bond acceptors (Lipinski definition) is 4. The summed E-state index contributed by atoms with van der Waals surface area (Å²) >= 11 is 6.00. The second kappa shape index (κ2) is 9.58. The fourth-order valence-corrected chi connectivity index (χ4v) is 4.19. The van der Waals surface area contributed by atoms with Crippen molar-refractivity contribution in [2.24, 2.45) is 0 Å². The molecule has 0 unspecified atom stereocenters. The lowest BCUT2D eigenvalue weighted by atomic mass is 10.1. The number of urea groups is 1. The van der Waals surface area contributed by atoms with Crippen LogP contribution in [-0.4, -0.2) is 54.0 Å². The van der Waals surface area contributed by atoms with E-state index < -0.39 is 18.1 Å². The van der Waals surface area contributed by atoms with E-state index >= 15 is 0 Å². The van der Waals surface area contributed by atoms with Crippen LogP contribution in [0.1, 0.15) is 17.5 Å². The zero-order valence-corrected chi connectivity index (χ0v) is 18.4. The first-order valence-corrected chi connectivity index (χ1v) is 10.8. The van der Waals surface area contributed by atoms with Gasteiger partial charge in [-0.2, -0.15) is 0 Å². The van der Waals surface area contributed by atoms with Crippen LogP contribution in [0.15, 0.2) is 48.5 Å². The molecule has 3 atom stereocenters. The van der Waals surface area contributed by atoms with Crippen LogP contribution in [-0.2, 0) is 20.9 Å². The van der Waals surface area contributed by atoms with E-state index in [4.69, 9.17) is 16.3 Å². The van der Waals surface area contributed by atoms with Crippen LogP contribution in [0.2, 0.25) is 5.02 Å². The molecule has 2 aliphatic rings. The van der Waals surface area contributed by atoms with Crippen molar-refractivity contribution in [1.29, 1.82) is 0 Å². The molecule has 32 heavy (non-hydrogen) atoms. The smallest absolute Gasteiger partial charge is 0.319 e. The Bertz CT molecular complexity index is 1020. The summed E-state index contributed by atoms with van der Waals surface area (Å²) in [6.07, 6.45) is 0.358. The Morgan fingerprint density at radius 2 is 2.00 bits per heavy atom. The second-order valence-electron chi connectivity index (χ2n) is 8.06. The second-order valence-corrected chi connectivity index (χ2v) is 8.50. The van der Waals surface area contributed by atoms with Crippen molar-refractivity contribution in [3.05, 3.63) is 64.7 Å². The minimum Gasteiger partial charge on any atom is -0.374 e. The van der Waals surface area contributed by atoms with E-state index in [0.29, 0.717) is 23.7 Å². The maximum Gasteiger partial charge on any atom is 0.319 e. The molecule has 168 valence electrons. The molecule has 0 aliphatic carbocycles. The van der Waals surface area contributed by atoms with Gasteiger partial charge in [-0.3, -0.25) is 9.59 Å². The van der Waals surface area contributed by atoms with Gasteiger partial charge in [-0.25, -0.2) is 4.79 Å². The van der Waals surface area contributed by atoms with Gasteiger partial charge in [0.2, 0.25) is 11.8 Å². The third-order valence-electron chi connectivity index (χ3n) is 5.68. The molecule has 0 radical (unpaired) electrons. The molecular weight excluding hydrogens is 432 g/mol. The quantitative estimate of drug-likeness (QED) is 0.621. The van der Waals surface area contributed by atoms with Crippen molar-refractivity contribution in [1.82, 2.24) is 15.5 Å². The minimum atomic E-state index is -0.732. The van der Waals surface area contributed by atoms with E-state index in [1.165, 1.54) is 4.90 Å². The lowest BCUT2D eigenvalue weighted by molar-refractivity contribution is -0.148. The summed E-state index contributed by atoms with van der Waals surface area (Å²) in [4.78, 5) is 39.4. The largest absolute Gasteiger partial charge is 0.374 e. The SMILES string of the molecule is Cc1ccc(Cl)cc1NC(=O)N[C@H]1C[C@H]2C(=O)N[C@@H](COCc3ccccc3)C(=O)N2C1. The molecule has 2 saturated heterocycles. The van der Waals surface area contributed by atoms with Crippen molar-refractivity contribution in [3.8, 4) is 0 Å². The van der Waals surface area contributed by atoms with Gasteiger partial charge in [0.05, 0.1) is 19.3 Å². The molecule has 8 nitrogen and oxygen atoms in total. The summed E-state index contributed by atoms with van der Waals surface area (Å²) in [5.74, 6) is -0.425. The predicted octanol–water partition coefficient (Wildman–Crippen LogP) is 2.45. The lowest BCUT2D eigenvalue weighted by Crippen LogP contribution is -2.62. The third-order valence-corrected chi connectivity index (χ3v) is 5.92. The van der Waals surface area contributed by atoms with Crippen molar-refractivity contribution in [2.75, 3.05) is 18.5 Å². The normalized spacial score (nSPS) is 22.3. The molecule has 0 aromatic heterocycles. The summed E-state index contributed by atoms with van der Waals surface area (Å²) in [6.45, 7) is 2.59. The van der Waals surface area contributed by atoms with E-state index in [-0.39, 0.29) is 31.0 Å². The Balaban J connectivity index is 1.31. The topological polar surface area (TPSA) is 99.8 Å². The Kier molecular flexibility index (Phi) is 6.62. The van der Waals surface area contributed by atoms with Crippen molar-refractivity contribution in [2.45, 2.75) is 38.1 Å². The number of rotatable bonds is 6. The van der Waals surface area contributed by atoms with Gasteiger partial charge in [-0.1, -0.05) is 48.0 Å². The highest BCUT2D eigenvalue weighted by atomic mass is 35.5. The van der Waals surface area contributed by atoms with Crippen molar-refractivity contribution in [3.63, 3.8) is 0 Å². The zero-order valence-electron chi connectivity index (χ0n) is 17.6. The summed E-state index contributed by atoms with van der Waals surface area (Å²) in [7, 11) is 0. The Hall–Kier alpha value is -3.10. The maximum atomic E-state index is 12.9. The molecule has 4 amide bonds. The Labute approximate surface area is 191 Å². The van der Waals surface area contributed by atoms with Crippen molar-refractivity contribution < 1.29 is 19.1 Å². The third kappa shape index (κ3) is 5.03. The molecular formula is C23H25ClN4O4. The number of fused-ring (bicyclic) bond motifs is 1. The number of anilines is 1. The molecule has 4 rings (SSSR count). The van der Waals surface area contributed by atoms with Gasteiger partial charge < -0.3 is 25.6 Å². The van der Waals surface area contributed by atoms with E-state index in [1.54, 1.807) is 12.1 Å². The summed E-state index contributed by atoms with van der Waals surface area (Å²) in [6, 6.07) is 12.8. The van der Waals surface area contributed by atoms with Crippen LogP contribution < -0.4 is 16.0 Å². The van der Waals surface area contributed by atoms with Crippen LogP contribution in [0.5, 0.6) is 0 Å². The van der Waals surface area contributed by atoms with E-state index in [9.17, 15) is 14.4 Å². The highest BCUT2D eigenvalue weighted by molar-refractivity contribution is 6.31. The molecule has 2 aromatic carbocycles. The zero-order chi connectivity index (χ0) is 22.7. The highest BCUT2D eigenvalue weighted by Gasteiger charge is 2.46. The molecule has 2 aliphatic heterocycles. The van der Waals surface area contributed by atoms with E-state index in [2.05, 4.69) is 16.0 Å². The number of nitrogens with one attached hydrogen (secondary N) is 3. The number of benzene rings is 2. The molecule has 3 N–H and O–H groups in total. The molecule has 2 aromatic rings. The number of amides is 4. The van der Waals surface area contributed by atoms with Gasteiger partial charge in [0, 0.05) is 17.3 Å². The number of nitrogens with zero attached hydrogens (tertiary/aromatic N) is 1. The number of carbonyl (C=O) groups excluding carboxylic acids is 3. The standard InChI is InChI=1S/C23H25ClN4O4/c1-14-7-8-16(24)9-18(14)27-23(31)25-17-10-20-21(29)26-19(22(30)28(20)11-17)13-32-12-15-5-3-2-4-6-15/h2-9,17,19-20H,10-13H2,1H3,(H,26,29)(H2,25,27,31)/t17-,19-,20-/m0/s1. The average Bonchev–Trinajstić information content (AvgIpc) is 3.19. The first-order valence-electron chi connectivity index (χ1n) is 10.5. The fourth-order valence-electron chi connectivity index (χ4n) is 4.02. The number of carbonyl (C=O) groups is 3. The number of halogens is 1. The Morgan fingerprint density at radius 1 is 1.22 bits per heavy atom. The summed E-state index contributed by atoms with van der Waals surface area (Å²) in [5, 5.41) is 8.90. The van der Waals surface area contributed by atoms with E-state index in [1.807, 2.05) is 43.3 Å². The predicted molar refractivity (Wildman–Crippen MR) is 120 cm³/mol. The molecule has 0 bridgehead atoms. The van der Waals surface area contributed by atoms with Crippen LogP contribution in [0.25, 0.3) is 0 Å². The minimum absolute atomic E-state index is 0.0926. The average molecular weight is 457 g/mol. The summed E-state index contributed by atoms with van der Waals surface area (Å²) in [5.41, 5.74) is 2.47. The molecule has 9 heteroatoms. The van der Waals surface area contributed by atoms with Gasteiger partial charge in [0.25, 0.3) is 0 Å². The summed E-state index contributed by atoms with van der Waals surface area (Å²) < 4.78 is 5.65. The van der Waals surface area contributed by atoms with Crippen LogP contribution in [0, 0.1) is 6.92 Å². The molecule has 2 fully saturated rings. The van der Waals surface area contributed by atoms with Gasteiger partial charge in [-0.15, -0.1) is 0 Å².